The van der Waals surface area contributed by atoms with Crippen LogP contribution in [0.1, 0.15) is 42.3 Å². The van der Waals surface area contributed by atoms with E-state index in [1.165, 1.54) is 9.71 Å². The number of guanidine groups is 1. The van der Waals surface area contributed by atoms with E-state index in [2.05, 4.69) is 57.8 Å². The van der Waals surface area contributed by atoms with E-state index in [4.69, 9.17) is 4.52 Å². The number of aryl methyl sites for hydroxylation is 3. The predicted molar refractivity (Wildman–Crippen MR) is 127 cm³/mol. The molecule has 3 aromatic rings. The standard InChI is InChI=1S/C20H27N5OS.HI/c1-4-15-14(17(5-2)26-25-15)13-23-20(21-3)22-12-8-11-19-24-16-9-6-7-10-18(16)27-19;/h6-7,9-10H,4-5,8,11-13H2,1-3H3,(H2,21,22,23);1H. The summed E-state index contributed by atoms with van der Waals surface area (Å²) < 4.78 is 6.67. The van der Waals surface area contributed by atoms with Gasteiger partial charge in [0.2, 0.25) is 0 Å². The van der Waals surface area contributed by atoms with E-state index < -0.39 is 0 Å². The Hall–Kier alpha value is -1.68. The van der Waals surface area contributed by atoms with Crippen molar-refractivity contribution < 1.29 is 4.52 Å². The highest BCUT2D eigenvalue weighted by Gasteiger charge is 2.13. The van der Waals surface area contributed by atoms with Gasteiger partial charge in [0.15, 0.2) is 5.96 Å². The molecule has 152 valence electrons. The molecule has 28 heavy (non-hydrogen) atoms. The van der Waals surface area contributed by atoms with Crippen LogP contribution in [0.3, 0.4) is 0 Å². The third kappa shape index (κ3) is 5.66. The van der Waals surface area contributed by atoms with Crippen molar-refractivity contribution in [1.82, 2.24) is 20.8 Å². The highest BCUT2D eigenvalue weighted by Crippen LogP contribution is 2.22. The van der Waals surface area contributed by atoms with Crippen LogP contribution in [0.5, 0.6) is 0 Å². The summed E-state index contributed by atoms with van der Waals surface area (Å²) >= 11 is 1.78. The van der Waals surface area contributed by atoms with Gasteiger partial charge in [-0.1, -0.05) is 31.1 Å². The molecule has 0 fully saturated rings. The summed E-state index contributed by atoms with van der Waals surface area (Å²) in [4.78, 5) is 8.99. The first-order chi connectivity index (χ1) is 13.2. The molecule has 0 bridgehead atoms. The molecule has 0 saturated heterocycles. The van der Waals surface area contributed by atoms with Crippen LogP contribution in [0.15, 0.2) is 33.8 Å². The lowest BCUT2D eigenvalue weighted by atomic mass is 10.1. The average Bonchev–Trinajstić information content (AvgIpc) is 3.30. The van der Waals surface area contributed by atoms with Crippen molar-refractivity contribution in [2.45, 2.75) is 46.1 Å². The number of halogens is 1. The van der Waals surface area contributed by atoms with Gasteiger partial charge in [0.1, 0.15) is 5.76 Å². The van der Waals surface area contributed by atoms with Crippen LogP contribution in [-0.4, -0.2) is 29.7 Å². The Labute approximate surface area is 187 Å². The van der Waals surface area contributed by atoms with E-state index in [9.17, 15) is 0 Å². The van der Waals surface area contributed by atoms with Gasteiger partial charge in [-0.3, -0.25) is 4.99 Å². The van der Waals surface area contributed by atoms with E-state index in [1.807, 2.05) is 6.07 Å². The molecular weight excluding hydrogens is 485 g/mol. The molecule has 2 aromatic heterocycles. The van der Waals surface area contributed by atoms with Gasteiger partial charge in [0.25, 0.3) is 0 Å². The quantitative estimate of drug-likeness (QED) is 0.203. The Bertz CT molecular complexity index is 851. The predicted octanol–water partition coefficient (Wildman–Crippen LogP) is 4.32. The Kier molecular flexibility index (Phi) is 9.17. The molecule has 2 N–H and O–H groups in total. The van der Waals surface area contributed by atoms with Crippen LogP contribution in [0.25, 0.3) is 10.2 Å². The van der Waals surface area contributed by atoms with Gasteiger partial charge in [0, 0.05) is 38.5 Å². The van der Waals surface area contributed by atoms with Gasteiger partial charge in [-0.15, -0.1) is 35.3 Å². The van der Waals surface area contributed by atoms with Crippen molar-refractivity contribution in [2.24, 2.45) is 4.99 Å². The topological polar surface area (TPSA) is 75.3 Å². The molecule has 0 radical (unpaired) electrons. The molecule has 2 heterocycles. The van der Waals surface area contributed by atoms with Gasteiger partial charge in [-0.05, 0) is 25.0 Å². The molecule has 0 spiro atoms. The second kappa shape index (κ2) is 11.4. The lowest BCUT2D eigenvalue weighted by molar-refractivity contribution is 0.380. The normalized spacial score (nSPS) is 11.5. The number of rotatable bonds is 8. The van der Waals surface area contributed by atoms with Gasteiger partial charge >= 0.3 is 0 Å². The minimum absolute atomic E-state index is 0. The van der Waals surface area contributed by atoms with Crippen molar-refractivity contribution in [3.8, 4) is 0 Å². The van der Waals surface area contributed by atoms with Gasteiger partial charge < -0.3 is 15.2 Å². The number of hydrogen-bond acceptors (Lipinski definition) is 5. The summed E-state index contributed by atoms with van der Waals surface area (Å²) in [6.45, 7) is 5.70. The summed E-state index contributed by atoms with van der Waals surface area (Å²) in [5.74, 6) is 1.75. The number of benzene rings is 1. The van der Waals surface area contributed by atoms with E-state index in [0.29, 0.717) is 6.54 Å². The molecule has 1 aromatic carbocycles. The molecule has 0 unspecified atom stereocenters. The first-order valence-corrected chi connectivity index (χ1v) is 10.3. The number of para-hydroxylation sites is 1. The summed E-state index contributed by atoms with van der Waals surface area (Å²) in [6, 6.07) is 8.29. The fourth-order valence-electron chi connectivity index (χ4n) is 3.00. The smallest absolute Gasteiger partial charge is 0.191 e. The second-order valence-electron chi connectivity index (χ2n) is 6.27. The Morgan fingerprint density at radius 1 is 1.18 bits per heavy atom. The zero-order chi connectivity index (χ0) is 19.1. The van der Waals surface area contributed by atoms with Crippen molar-refractivity contribution in [3.63, 3.8) is 0 Å². The van der Waals surface area contributed by atoms with Crippen molar-refractivity contribution in [3.05, 3.63) is 46.3 Å². The maximum Gasteiger partial charge on any atom is 0.191 e. The fourth-order valence-corrected chi connectivity index (χ4v) is 4.01. The number of nitrogens with zero attached hydrogens (tertiary/aromatic N) is 3. The van der Waals surface area contributed by atoms with Crippen LogP contribution in [0.2, 0.25) is 0 Å². The molecule has 0 amide bonds. The number of nitrogens with one attached hydrogen (secondary N) is 2. The Balaban J connectivity index is 0.00000280. The molecule has 0 aliphatic heterocycles. The highest BCUT2D eigenvalue weighted by molar-refractivity contribution is 14.0. The highest BCUT2D eigenvalue weighted by atomic mass is 127. The summed E-state index contributed by atoms with van der Waals surface area (Å²) in [5.41, 5.74) is 3.26. The second-order valence-corrected chi connectivity index (χ2v) is 7.38. The molecule has 0 aliphatic rings. The molecule has 6 nitrogen and oxygen atoms in total. The van der Waals surface area contributed by atoms with E-state index in [-0.39, 0.29) is 24.0 Å². The summed E-state index contributed by atoms with van der Waals surface area (Å²) in [6.07, 6.45) is 3.69. The van der Waals surface area contributed by atoms with Gasteiger partial charge in [0.05, 0.1) is 20.9 Å². The summed E-state index contributed by atoms with van der Waals surface area (Å²) in [5, 5.41) is 12.1. The van der Waals surface area contributed by atoms with Crippen LogP contribution in [0, 0.1) is 0 Å². The van der Waals surface area contributed by atoms with Crippen molar-refractivity contribution in [2.75, 3.05) is 13.6 Å². The molecule has 3 rings (SSSR count). The van der Waals surface area contributed by atoms with E-state index in [1.54, 1.807) is 18.4 Å². The van der Waals surface area contributed by atoms with Crippen LogP contribution in [-0.2, 0) is 25.8 Å². The average molecular weight is 513 g/mol. The fraction of sp³-hybridized carbons (Fsp3) is 0.450. The van der Waals surface area contributed by atoms with E-state index >= 15 is 0 Å². The molecular formula is C20H28IN5OS. The molecule has 0 atom stereocenters. The number of aliphatic imine (C=N–C) groups is 1. The minimum atomic E-state index is 0. The first kappa shape index (κ1) is 22.6. The zero-order valence-corrected chi connectivity index (χ0v) is 19.8. The van der Waals surface area contributed by atoms with Crippen molar-refractivity contribution >= 4 is 51.5 Å². The van der Waals surface area contributed by atoms with Crippen molar-refractivity contribution in [1.29, 1.82) is 0 Å². The van der Waals surface area contributed by atoms with E-state index in [0.717, 1.165) is 60.7 Å². The number of hydrogen-bond donors (Lipinski definition) is 2. The van der Waals surface area contributed by atoms with Crippen LogP contribution >= 0.6 is 35.3 Å². The zero-order valence-electron chi connectivity index (χ0n) is 16.6. The maximum atomic E-state index is 5.42. The minimum Gasteiger partial charge on any atom is -0.361 e. The molecule has 0 aliphatic carbocycles. The largest absolute Gasteiger partial charge is 0.361 e. The SMILES string of the molecule is CCc1noc(CC)c1CNC(=NC)NCCCc1nc2ccccc2s1.I. The summed E-state index contributed by atoms with van der Waals surface area (Å²) in [7, 11) is 1.79. The number of fused-ring (bicyclic) bond motifs is 1. The number of thiazole rings is 1. The third-order valence-electron chi connectivity index (χ3n) is 4.46. The first-order valence-electron chi connectivity index (χ1n) is 9.50. The number of aromatic nitrogens is 2. The lowest BCUT2D eigenvalue weighted by Gasteiger charge is -2.11. The Morgan fingerprint density at radius 2 is 2.00 bits per heavy atom. The van der Waals surface area contributed by atoms with Gasteiger partial charge in [-0.25, -0.2) is 4.98 Å². The third-order valence-corrected chi connectivity index (χ3v) is 5.56. The van der Waals surface area contributed by atoms with Gasteiger partial charge in [-0.2, -0.15) is 0 Å². The molecule has 8 heteroatoms. The molecule has 0 saturated carbocycles. The monoisotopic (exact) mass is 513 g/mol. The maximum absolute atomic E-state index is 5.42. The lowest BCUT2D eigenvalue weighted by Crippen LogP contribution is -2.37. The Morgan fingerprint density at radius 3 is 2.71 bits per heavy atom. The van der Waals surface area contributed by atoms with Crippen LogP contribution < -0.4 is 10.6 Å². The van der Waals surface area contributed by atoms with Crippen LogP contribution in [0.4, 0.5) is 0 Å².